The lowest BCUT2D eigenvalue weighted by Gasteiger charge is -2.28. The first-order chi connectivity index (χ1) is 32.8. The van der Waals surface area contributed by atoms with Crippen LogP contribution in [0.25, 0.3) is 97.9 Å². The number of pyridine rings is 1. The summed E-state index contributed by atoms with van der Waals surface area (Å²) in [6.45, 7) is 0. The number of hydrogen-bond donors (Lipinski definition) is 0. The second-order valence-corrected chi connectivity index (χ2v) is 17.5. The van der Waals surface area contributed by atoms with Crippen molar-refractivity contribution >= 4 is 132 Å². The van der Waals surface area contributed by atoms with E-state index in [1.54, 1.807) is 0 Å². The monoisotopic (exact) mass is 839 g/mol. The molecule has 0 N–H and O–H groups in total. The van der Waals surface area contributed by atoms with E-state index in [2.05, 4.69) is 243 Å². The Balaban J connectivity index is 1.13. The number of benzene rings is 10. The fraction of sp³-hybridized carbons (Fsp3) is 0. The summed E-state index contributed by atoms with van der Waals surface area (Å²) in [6.07, 6.45) is 2.15. The maximum Gasteiger partial charge on any atom is 0.146 e. The van der Waals surface area contributed by atoms with Gasteiger partial charge >= 0.3 is 0 Å². The van der Waals surface area contributed by atoms with E-state index in [1.807, 2.05) is 0 Å². The van der Waals surface area contributed by atoms with Gasteiger partial charge in [0.25, 0.3) is 0 Å². The molecule has 5 aromatic heterocycles. The lowest BCUT2D eigenvalue weighted by molar-refractivity contribution is 1.24. The van der Waals surface area contributed by atoms with Gasteiger partial charge in [-0.25, -0.2) is 4.98 Å². The van der Waals surface area contributed by atoms with E-state index in [9.17, 15) is 0 Å². The van der Waals surface area contributed by atoms with E-state index in [0.29, 0.717) is 0 Å². The molecule has 0 aliphatic rings. The van der Waals surface area contributed by atoms with Gasteiger partial charge in [-0.3, -0.25) is 4.40 Å². The summed E-state index contributed by atoms with van der Waals surface area (Å²) in [5, 5.41) is 14.6. The Bertz CT molecular complexity index is 4270. The Morgan fingerprint density at radius 3 is 1.41 bits per heavy atom. The predicted octanol–water partition coefficient (Wildman–Crippen LogP) is 16.6. The van der Waals surface area contributed by atoms with Crippen LogP contribution in [0, 0.1) is 0 Å². The first-order valence-electron chi connectivity index (χ1n) is 22.6. The molecule has 0 saturated heterocycles. The van der Waals surface area contributed by atoms with Crippen LogP contribution in [0.1, 0.15) is 0 Å². The maximum atomic E-state index is 5.64. The molecule has 0 atom stereocenters. The van der Waals surface area contributed by atoms with Crippen molar-refractivity contribution in [3.05, 3.63) is 225 Å². The Morgan fingerprint density at radius 2 is 0.788 bits per heavy atom. The van der Waals surface area contributed by atoms with Gasteiger partial charge in [-0.1, -0.05) is 158 Å². The van der Waals surface area contributed by atoms with E-state index >= 15 is 0 Å². The molecule has 0 saturated carbocycles. The number of hydrogen-bond acceptors (Lipinski definition) is 3. The molecule has 5 heterocycles. The average molecular weight is 840 g/mol. The molecule has 0 spiro atoms. The van der Waals surface area contributed by atoms with Crippen molar-refractivity contribution in [3.63, 3.8) is 0 Å². The molecular weight excluding hydrogens is 803 g/mol. The van der Waals surface area contributed by atoms with Crippen LogP contribution in [0.5, 0.6) is 0 Å². The van der Waals surface area contributed by atoms with Gasteiger partial charge in [-0.2, -0.15) is 0 Å². The van der Waals surface area contributed by atoms with Crippen molar-refractivity contribution in [1.29, 1.82) is 0 Å². The topological polar surface area (TPSA) is 28.2 Å². The number of rotatable bonds is 6. The molecule has 10 aromatic carbocycles. The van der Waals surface area contributed by atoms with Gasteiger partial charge in [0.1, 0.15) is 5.65 Å². The summed E-state index contributed by atoms with van der Waals surface area (Å²) in [5.41, 5.74) is 13.4. The summed E-state index contributed by atoms with van der Waals surface area (Å²) < 4.78 is 5.01. The van der Waals surface area contributed by atoms with Crippen molar-refractivity contribution in [1.82, 2.24) is 13.8 Å². The van der Waals surface area contributed by atoms with E-state index in [1.165, 1.54) is 81.2 Å². The lowest BCUT2D eigenvalue weighted by Crippen LogP contribution is -2.11. The highest BCUT2D eigenvalue weighted by Crippen LogP contribution is 2.53. The Hall–Kier alpha value is -8.93. The maximum absolute atomic E-state index is 5.64. The third-order valence-electron chi connectivity index (χ3n) is 14.1. The second kappa shape index (κ2) is 13.3. The summed E-state index contributed by atoms with van der Waals surface area (Å²) in [6, 6.07) is 79.3. The van der Waals surface area contributed by atoms with Crippen molar-refractivity contribution in [2.24, 2.45) is 0 Å². The number of fused-ring (bicyclic) bond motifs is 16. The molecule has 306 valence electrons. The largest absolute Gasteiger partial charge is 0.308 e. The van der Waals surface area contributed by atoms with Crippen LogP contribution in [0.15, 0.2) is 225 Å². The molecule has 0 bridgehead atoms. The van der Waals surface area contributed by atoms with Crippen LogP contribution >= 0.6 is 0 Å². The summed E-state index contributed by atoms with van der Waals surface area (Å²) in [7, 11) is 0. The van der Waals surface area contributed by atoms with E-state index in [-0.39, 0.29) is 0 Å². The molecule has 0 aliphatic carbocycles. The average Bonchev–Trinajstić information content (AvgIpc) is 4.12. The van der Waals surface area contributed by atoms with E-state index < -0.39 is 0 Å². The zero-order valence-electron chi connectivity index (χ0n) is 35.6. The van der Waals surface area contributed by atoms with Crippen LogP contribution in [-0.4, -0.2) is 13.8 Å². The van der Waals surface area contributed by atoms with Crippen molar-refractivity contribution in [2.75, 3.05) is 9.80 Å². The third-order valence-corrected chi connectivity index (χ3v) is 14.1. The van der Waals surface area contributed by atoms with Crippen LogP contribution in [-0.2, 0) is 0 Å². The van der Waals surface area contributed by atoms with Gasteiger partial charge in [-0.05, 0) is 76.8 Å². The zero-order valence-corrected chi connectivity index (χ0v) is 35.6. The fourth-order valence-electron chi connectivity index (χ4n) is 11.5. The smallest absolute Gasteiger partial charge is 0.146 e. The fourth-order valence-corrected chi connectivity index (χ4v) is 11.5. The number of anilines is 6. The van der Waals surface area contributed by atoms with Crippen molar-refractivity contribution < 1.29 is 0 Å². The van der Waals surface area contributed by atoms with Gasteiger partial charge in [0.15, 0.2) is 0 Å². The molecule has 15 rings (SSSR count). The minimum atomic E-state index is 0.959. The van der Waals surface area contributed by atoms with Crippen molar-refractivity contribution in [3.8, 4) is 0 Å². The summed E-state index contributed by atoms with van der Waals surface area (Å²) in [4.78, 5) is 10.5. The third kappa shape index (κ3) is 4.65. The standard InChI is InChI=1S/C61H37N5/c1-5-21-40(22-6-1)63(41-23-7-2-8-24-41)51-36-39-20-13-15-29-44(39)53-47-32-18-34-49-55-54-48-33-17-31-46-50-35-38-19-14-16-30-45(38)58(64(42-25-9-3-10-26-42)43-27-11-4-12-28-43)59(50)65(56(46)48)52(54)37-62-61(55)66(57(47)49)60(51)53/h1-37H. The minimum absolute atomic E-state index is 0.959. The molecule has 5 nitrogen and oxygen atoms in total. The quantitative estimate of drug-likeness (QED) is 0.167. The van der Waals surface area contributed by atoms with E-state index in [4.69, 9.17) is 4.98 Å². The zero-order chi connectivity index (χ0) is 43.0. The molecule has 66 heavy (non-hydrogen) atoms. The highest BCUT2D eigenvalue weighted by molar-refractivity contribution is 6.38. The highest BCUT2D eigenvalue weighted by atomic mass is 15.2. The summed E-state index contributed by atoms with van der Waals surface area (Å²) in [5.74, 6) is 0. The first-order valence-corrected chi connectivity index (χ1v) is 22.6. The summed E-state index contributed by atoms with van der Waals surface area (Å²) >= 11 is 0. The van der Waals surface area contributed by atoms with Gasteiger partial charge in [0.2, 0.25) is 0 Å². The van der Waals surface area contributed by atoms with E-state index in [0.717, 1.165) is 50.8 Å². The SMILES string of the molecule is c1ccc(N(c2ccccc2)c2c3ccccc3cc3c4cccc5c6c7c8cccc9c%10c%11ccccc%11cc(N(c%11ccccc%11)c%11ccccc%11)c%10n(c7ncc6n(c23)c45)c89)cc1. The lowest BCUT2D eigenvalue weighted by atomic mass is 9.99. The van der Waals surface area contributed by atoms with Gasteiger partial charge in [0.05, 0.1) is 45.2 Å². The molecule has 0 amide bonds. The van der Waals surface area contributed by atoms with Crippen LogP contribution in [0.4, 0.5) is 34.1 Å². The molecule has 15 aromatic rings. The molecule has 0 aliphatic heterocycles. The molecule has 0 fully saturated rings. The highest BCUT2D eigenvalue weighted by Gasteiger charge is 2.30. The normalized spacial score (nSPS) is 12.2. The van der Waals surface area contributed by atoms with Crippen LogP contribution in [0.2, 0.25) is 0 Å². The molecule has 5 heteroatoms. The van der Waals surface area contributed by atoms with Crippen molar-refractivity contribution in [2.45, 2.75) is 0 Å². The van der Waals surface area contributed by atoms with Gasteiger partial charge in [-0.15, -0.1) is 0 Å². The number of aromatic nitrogens is 3. The number of nitrogens with zero attached hydrogens (tertiary/aromatic N) is 5. The molecule has 0 unspecified atom stereocenters. The first kappa shape index (κ1) is 35.5. The predicted molar refractivity (Wildman–Crippen MR) is 278 cm³/mol. The Kier molecular flexibility index (Phi) is 7.16. The van der Waals surface area contributed by atoms with Gasteiger partial charge in [0, 0.05) is 71.2 Å². The Labute approximate surface area is 378 Å². The Morgan fingerprint density at radius 1 is 0.318 bits per heavy atom. The number of para-hydroxylation sites is 6. The van der Waals surface area contributed by atoms with Crippen LogP contribution < -0.4 is 9.80 Å². The van der Waals surface area contributed by atoms with Crippen LogP contribution in [0.3, 0.4) is 0 Å². The van der Waals surface area contributed by atoms with Gasteiger partial charge < -0.3 is 14.2 Å². The molecule has 0 radical (unpaired) electrons. The minimum Gasteiger partial charge on any atom is -0.308 e. The second-order valence-electron chi connectivity index (χ2n) is 17.5. The molecular formula is C61H37N5.